The van der Waals surface area contributed by atoms with Crippen LogP contribution in [-0.2, 0) is 4.79 Å². The molecule has 1 aliphatic heterocycles. The van der Waals surface area contributed by atoms with Gasteiger partial charge < -0.3 is 19.7 Å². The topological polar surface area (TPSA) is 76.6 Å². The summed E-state index contributed by atoms with van der Waals surface area (Å²) >= 11 is 5.92. The van der Waals surface area contributed by atoms with Crippen molar-refractivity contribution in [3.8, 4) is 11.5 Å². The third-order valence-electron chi connectivity index (χ3n) is 6.92. The first kappa shape index (κ1) is 23.8. The quantitative estimate of drug-likeness (QED) is 0.425. The first-order chi connectivity index (χ1) is 17.0. The van der Waals surface area contributed by atoms with Gasteiger partial charge in [-0.3, -0.25) is 4.79 Å². The smallest absolute Gasteiger partial charge is 0.162 e. The first-order valence-corrected chi connectivity index (χ1v) is 12.3. The minimum absolute atomic E-state index is 0.0305. The highest BCUT2D eigenvalue weighted by atomic mass is 35.5. The lowest BCUT2D eigenvalue weighted by Gasteiger charge is -2.22. The predicted octanol–water partition coefficient (Wildman–Crippen LogP) is 5.24. The Morgan fingerprint density at radius 1 is 1.17 bits per heavy atom. The van der Waals surface area contributed by atoms with Crippen molar-refractivity contribution in [1.29, 1.82) is 0 Å². The lowest BCUT2D eigenvalue weighted by atomic mass is 9.81. The molecule has 9 heteroatoms. The number of nitrogens with one attached hydrogen (secondary N) is 1. The van der Waals surface area contributed by atoms with E-state index in [-0.39, 0.29) is 5.02 Å². The summed E-state index contributed by atoms with van der Waals surface area (Å²) in [6, 6.07) is 8.09. The molecule has 1 aliphatic carbocycles. The SMILES string of the molecule is COc1cc2ncnc(Nc3ccc(F)c(Cl)c3)c2cc1OCCCN1CC2CCC(=O)CC2C1. The second-order valence-electron chi connectivity index (χ2n) is 9.26. The molecule has 5 rings (SSSR count). The predicted molar refractivity (Wildman–Crippen MR) is 133 cm³/mol. The number of methoxy groups -OCH3 is 1. The molecule has 1 saturated carbocycles. The van der Waals surface area contributed by atoms with Crippen LogP contribution in [0.3, 0.4) is 0 Å². The van der Waals surface area contributed by atoms with Crippen LogP contribution >= 0.6 is 11.6 Å². The van der Waals surface area contributed by atoms with Gasteiger partial charge in [-0.15, -0.1) is 0 Å². The summed E-state index contributed by atoms with van der Waals surface area (Å²) in [5.41, 5.74) is 1.30. The van der Waals surface area contributed by atoms with Gasteiger partial charge in [-0.2, -0.15) is 0 Å². The number of Topliss-reactive ketones (excluding diaryl/α,β-unsaturated/α-hetero) is 1. The minimum atomic E-state index is -0.480. The second-order valence-corrected chi connectivity index (χ2v) is 9.67. The number of fused-ring (bicyclic) bond motifs is 2. The number of ketones is 1. The van der Waals surface area contributed by atoms with E-state index in [0.29, 0.717) is 52.7 Å². The average Bonchev–Trinajstić information content (AvgIpc) is 3.25. The Morgan fingerprint density at radius 2 is 2.03 bits per heavy atom. The zero-order valence-electron chi connectivity index (χ0n) is 19.6. The number of carbonyl (C=O) groups excluding carboxylic acids is 1. The van der Waals surface area contributed by atoms with Crippen molar-refractivity contribution in [3.63, 3.8) is 0 Å². The zero-order valence-corrected chi connectivity index (χ0v) is 20.4. The van der Waals surface area contributed by atoms with E-state index < -0.39 is 5.82 Å². The maximum atomic E-state index is 13.5. The van der Waals surface area contributed by atoms with E-state index in [0.717, 1.165) is 50.7 Å². The fourth-order valence-corrected chi connectivity index (χ4v) is 5.32. The van der Waals surface area contributed by atoms with Gasteiger partial charge in [0.25, 0.3) is 0 Å². The summed E-state index contributed by atoms with van der Waals surface area (Å²) in [4.78, 5) is 22.9. The first-order valence-electron chi connectivity index (χ1n) is 11.9. The lowest BCUT2D eigenvalue weighted by Crippen LogP contribution is -2.23. The Balaban J connectivity index is 1.25. The van der Waals surface area contributed by atoms with Crippen LogP contribution in [0.5, 0.6) is 11.5 Å². The molecule has 184 valence electrons. The van der Waals surface area contributed by atoms with E-state index in [2.05, 4.69) is 20.2 Å². The van der Waals surface area contributed by atoms with E-state index in [1.165, 1.54) is 18.5 Å². The highest BCUT2D eigenvalue weighted by molar-refractivity contribution is 6.31. The third kappa shape index (κ3) is 5.33. The monoisotopic (exact) mass is 498 g/mol. The Kier molecular flexibility index (Phi) is 7.02. The number of hydrogen-bond donors (Lipinski definition) is 1. The molecule has 35 heavy (non-hydrogen) atoms. The lowest BCUT2D eigenvalue weighted by molar-refractivity contribution is -0.122. The maximum absolute atomic E-state index is 13.5. The minimum Gasteiger partial charge on any atom is -0.493 e. The molecule has 0 spiro atoms. The zero-order chi connectivity index (χ0) is 24.4. The van der Waals surface area contributed by atoms with E-state index >= 15 is 0 Å². The molecular formula is C26H28ClFN4O3. The summed E-state index contributed by atoms with van der Waals surface area (Å²) in [7, 11) is 1.60. The number of halogens is 2. The summed E-state index contributed by atoms with van der Waals surface area (Å²) in [6.45, 7) is 3.57. The van der Waals surface area contributed by atoms with Gasteiger partial charge in [0.05, 0.1) is 24.3 Å². The molecule has 2 atom stereocenters. The Hall–Kier alpha value is -2.97. The largest absolute Gasteiger partial charge is 0.493 e. The van der Waals surface area contributed by atoms with Gasteiger partial charge >= 0.3 is 0 Å². The number of likely N-dealkylation sites (tertiary alicyclic amines) is 1. The molecule has 2 aliphatic rings. The van der Waals surface area contributed by atoms with Crippen molar-refractivity contribution in [2.24, 2.45) is 11.8 Å². The van der Waals surface area contributed by atoms with Gasteiger partial charge in [-0.05, 0) is 48.9 Å². The summed E-state index contributed by atoms with van der Waals surface area (Å²) < 4.78 is 25.2. The number of ether oxygens (including phenoxy) is 2. The van der Waals surface area contributed by atoms with E-state index in [4.69, 9.17) is 21.1 Å². The molecule has 0 bridgehead atoms. The van der Waals surface area contributed by atoms with Gasteiger partial charge in [0.2, 0.25) is 0 Å². The van der Waals surface area contributed by atoms with Crippen molar-refractivity contribution in [1.82, 2.24) is 14.9 Å². The van der Waals surface area contributed by atoms with Gasteiger partial charge in [0.15, 0.2) is 11.5 Å². The van der Waals surface area contributed by atoms with Gasteiger partial charge in [-0.1, -0.05) is 11.6 Å². The fraction of sp³-hybridized carbons (Fsp3) is 0.423. The summed E-state index contributed by atoms with van der Waals surface area (Å²) in [5.74, 6) is 2.88. The number of anilines is 2. The molecule has 2 aromatic carbocycles. The molecule has 2 heterocycles. The van der Waals surface area contributed by atoms with Crippen LogP contribution in [0.25, 0.3) is 10.9 Å². The number of benzene rings is 2. The normalized spacial score (nSPS) is 20.1. The number of carbonyl (C=O) groups is 1. The molecule has 1 N–H and O–H groups in total. The average molecular weight is 499 g/mol. The highest BCUT2D eigenvalue weighted by Gasteiger charge is 2.36. The molecule has 7 nitrogen and oxygen atoms in total. The van der Waals surface area contributed by atoms with Crippen LogP contribution in [0.1, 0.15) is 25.7 Å². The van der Waals surface area contributed by atoms with Crippen LogP contribution in [0.2, 0.25) is 5.02 Å². The van der Waals surface area contributed by atoms with Crippen LogP contribution in [-0.4, -0.2) is 54.0 Å². The second kappa shape index (κ2) is 10.3. The molecule has 2 unspecified atom stereocenters. The highest BCUT2D eigenvalue weighted by Crippen LogP contribution is 2.36. The van der Waals surface area contributed by atoms with Gasteiger partial charge in [0, 0.05) is 49.6 Å². The number of hydrogen-bond acceptors (Lipinski definition) is 7. The van der Waals surface area contributed by atoms with Crippen molar-refractivity contribution in [2.45, 2.75) is 25.7 Å². The van der Waals surface area contributed by atoms with Crippen LogP contribution in [0.15, 0.2) is 36.7 Å². The summed E-state index contributed by atoms with van der Waals surface area (Å²) in [5, 5.41) is 3.96. The number of aromatic nitrogens is 2. The van der Waals surface area contributed by atoms with Crippen molar-refractivity contribution < 1.29 is 18.7 Å². The van der Waals surface area contributed by atoms with E-state index in [9.17, 15) is 9.18 Å². The fourth-order valence-electron chi connectivity index (χ4n) is 5.13. The van der Waals surface area contributed by atoms with E-state index in [1.807, 2.05) is 12.1 Å². The Bertz CT molecular complexity index is 1240. The number of rotatable bonds is 8. The number of nitrogens with zero attached hydrogens (tertiary/aromatic N) is 3. The van der Waals surface area contributed by atoms with E-state index in [1.54, 1.807) is 13.2 Å². The van der Waals surface area contributed by atoms with Crippen molar-refractivity contribution in [3.05, 3.63) is 47.5 Å². The molecule has 0 amide bonds. The van der Waals surface area contributed by atoms with Gasteiger partial charge in [-0.25, -0.2) is 14.4 Å². The van der Waals surface area contributed by atoms with Crippen LogP contribution < -0.4 is 14.8 Å². The van der Waals surface area contributed by atoms with Gasteiger partial charge in [0.1, 0.15) is 23.7 Å². The van der Waals surface area contributed by atoms with Crippen molar-refractivity contribution in [2.75, 3.05) is 38.7 Å². The van der Waals surface area contributed by atoms with Crippen molar-refractivity contribution >= 4 is 39.8 Å². The summed E-state index contributed by atoms with van der Waals surface area (Å²) in [6.07, 6.45) is 4.85. The van der Waals surface area contributed by atoms with Crippen LogP contribution in [0.4, 0.5) is 15.9 Å². The molecule has 1 saturated heterocycles. The standard InChI is InChI=1S/C26H28ClFN4O3/c1-34-24-12-23-20(26(30-15-29-23)31-18-4-6-22(28)21(27)10-18)11-25(24)35-8-2-7-32-13-16-3-5-19(33)9-17(16)14-32/h4,6,10-12,15-17H,2-3,5,7-9,13-14H2,1H3,(H,29,30,31). The molecular weight excluding hydrogens is 471 g/mol. The Morgan fingerprint density at radius 3 is 2.86 bits per heavy atom. The maximum Gasteiger partial charge on any atom is 0.162 e. The molecule has 3 aromatic rings. The molecule has 2 fully saturated rings. The molecule has 1 aromatic heterocycles. The third-order valence-corrected chi connectivity index (χ3v) is 7.20. The molecule has 0 radical (unpaired) electrons. The Labute approximate surface area is 208 Å². The van der Waals surface area contributed by atoms with Crippen LogP contribution in [0, 0.1) is 17.7 Å².